The summed E-state index contributed by atoms with van der Waals surface area (Å²) in [4.78, 5) is 37.4. The van der Waals surface area contributed by atoms with Crippen molar-refractivity contribution in [2.75, 3.05) is 32.4 Å². The molecule has 1 aromatic heterocycles. The van der Waals surface area contributed by atoms with Gasteiger partial charge in [-0.25, -0.2) is 9.97 Å². The molecule has 2 aliphatic rings. The molecule has 2 heterocycles. The van der Waals surface area contributed by atoms with Crippen molar-refractivity contribution in [3.8, 4) is 0 Å². The topological polar surface area (TPSA) is 66.4 Å². The first-order chi connectivity index (χ1) is 12.0. The summed E-state index contributed by atoms with van der Waals surface area (Å²) in [5.41, 5.74) is 3.00. The zero-order chi connectivity index (χ0) is 18.0. The van der Waals surface area contributed by atoms with Gasteiger partial charge in [0.1, 0.15) is 0 Å². The molecule has 0 radical (unpaired) electrons. The summed E-state index contributed by atoms with van der Waals surface area (Å²) in [6.45, 7) is 6.61. The molecule has 136 valence electrons. The van der Waals surface area contributed by atoms with Crippen LogP contribution in [0.3, 0.4) is 0 Å². The molecule has 1 saturated carbocycles. The van der Waals surface area contributed by atoms with E-state index in [0.717, 1.165) is 34.9 Å². The highest BCUT2D eigenvalue weighted by Gasteiger charge is 2.35. The summed E-state index contributed by atoms with van der Waals surface area (Å²) in [7, 11) is 0. The Hall–Kier alpha value is -1.63. The summed E-state index contributed by atoms with van der Waals surface area (Å²) in [5.74, 6) is 0.702. The second-order valence-corrected chi connectivity index (χ2v) is 7.61. The molecule has 0 spiro atoms. The average Bonchev–Trinajstić information content (AvgIpc) is 3.45. The van der Waals surface area contributed by atoms with Gasteiger partial charge in [0, 0.05) is 49.9 Å². The number of piperazine rings is 1. The van der Waals surface area contributed by atoms with E-state index in [9.17, 15) is 9.59 Å². The standard InChI is InChI=1S/C18H26N4O2S/c1-12-15(13(2)20-18(19-12)25-3)6-7-16(23)21-8-10-22(11-9-21)17(24)14-4-5-14/h14H,4-11H2,1-3H3. The van der Waals surface area contributed by atoms with E-state index in [4.69, 9.17) is 0 Å². The number of thioether (sulfide) groups is 1. The predicted molar refractivity (Wildman–Crippen MR) is 97.5 cm³/mol. The Kier molecular flexibility index (Phi) is 5.61. The maximum absolute atomic E-state index is 12.5. The highest BCUT2D eigenvalue weighted by atomic mass is 32.2. The van der Waals surface area contributed by atoms with E-state index in [0.29, 0.717) is 39.0 Å². The fraction of sp³-hybridized carbons (Fsp3) is 0.667. The van der Waals surface area contributed by atoms with Crippen molar-refractivity contribution in [2.24, 2.45) is 5.92 Å². The number of carbonyl (C=O) groups is 2. The zero-order valence-electron chi connectivity index (χ0n) is 15.2. The Labute approximate surface area is 153 Å². The quantitative estimate of drug-likeness (QED) is 0.590. The Morgan fingerprint density at radius 3 is 2.12 bits per heavy atom. The van der Waals surface area contributed by atoms with Crippen molar-refractivity contribution in [2.45, 2.75) is 44.7 Å². The van der Waals surface area contributed by atoms with Crippen LogP contribution in [0.4, 0.5) is 0 Å². The summed E-state index contributed by atoms with van der Waals surface area (Å²) < 4.78 is 0. The van der Waals surface area contributed by atoms with Gasteiger partial charge in [-0.15, -0.1) is 0 Å². The molecule has 2 amide bonds. The Morgan fingerprint density at radius 2 is 1.60 bits per heavy atom. The third-order valence-electron chi connectivity index (χ3n) is 5.04. The van der Waals surface area contributed by atoms with E-state index in [1.54, 1.807) is 0 Å². The molecular formula is C18H26N4O2S. The largest absolute Gasteiger partial charge is 0.339 e. The highest BCUT2D eigenvalue weighted by molar-refractivity contribution is 7.98. The maximum Gasteiger partial charge on any atom is 0.225 e. The minimum Gasteiger partial charge on any atom is -0.339 e. The van der Waals surface area contributed by atoms with E-state index >= 15 is 0 Å². The van der Waals surface area contributed by atoms with Crippen molar-refractivity contribution < 1.29 is 9.59 Å². The minimum absolute atomic E-state index is 0.159. The fourth-order valence-corrected chi connectivity index (χ4v) is 3.77. The van der Waals surface area contributed by atoms with Crippen LogP contribution in [0.1, 0.15) is 36.2 Å². The van der Waals surface area contributed by atoms with Crippen LogP contribution in [0.25, 0.3) is 0 Å². The van der Waals surface area contributed by atoms with Gasteiger partial charge in [0.05, 0.1) is 0 Å². The van der Waals surface area contributed by atoms with E-state index in [2.05, 4.69) is 9.97 Å². The molecule has 1 aromatic rings. The van der Waals surface area contributed by atoms with Crippen LogP contribution in [-0.2, 0) is 16.0 Å². The van der Waals surface area contributed by atoms with Gasteiger partial charge in [-0.3, -0.25) is 9.59 Å². The maximum atomic E-state index is 12.5. The van der Waals surface area contributed by atoms with Crippen molar-refractivity contribution in [1.29, 1.82) is 0 Å². The predicted octanol–water partition coefficient (Wildman–Crippen LogP) is 1.83. The molecule has 0 N–H and O–H groups in total. The van der Waals surface area contributed by atoms with E-state index < -0.39 is 0 Å². The van der Waals surface area contributed by atoms with Crippen molar-refractivity contribution in [1.82, 2.24) is 19.8 Å². The number of nitrogens with zero attached hydrogens (tertiary/aromatic N) is 4. The molecule has 1 aliphatic heterocycles. The van der Waals surface area contributed by atoms with Gasteiger partial charge in [0.2, 0.25) is 11.8 Å². The first-order valence-corrected chi connectivity index (χ1v) is 10.2. The number of amides is 2. The SMILES string of the molecule is CSc1nc(C)c(CCC(=O)N2CCN(C(=O)C3CC3)CC2)c(C)n1. The van der Waals surface area contributed by atoms with Crippen molar-refractivity contribution in [3.63, 3.8) is 0 Å². The number of aromatic nitrogens is 2. The number of rotatable bonds is 5. The first-order valence-electron chi connectivity index (χ1n) is 8.94. The third kappa shape index (κ3) is 4.32. The van der Waals surface area contributed by atoms with Crippen LogP contribution in [0.2, 0.25) is 0 Å². The Morgan fingerprint density at radius 1 is 1.04 bits per heavy atom. The molecule has 0 atom stereocenters. The summed E-state index contributed by atoms with van der Waals surface area (Å²) >= 11 is 1.53. The molecule has 6 nitrogen and oxygen atoms in total. The summed E-state index contributed by atoms with van der Waals surface area (Å²) in [6, 6.07) is 0. The second kappa shape index (κ2) is 7.72. The molecule has 1 aliphatic carbocycles. The lowest BCUT2D eigenvalue weighted by atomic mass is 10.1. The van der Waals surface area contributed by atoms with Gasteiger partial charge < -0.3 is 9.80 Å². The molecule has 25 heavy (non-hydrogen) atoms. The monoisotopic (exact) mass is 362 g/mol. The van der Waals surface area contributed by atoms with Crippen LogP contribution in [0.5, 0.6) is 0 Å². The summed E-state index contributed by atoms with van der Waals surface area (Å²) in [5, 5.41) is 0.779. The highest BCUT2D eigenvalue weighted by Crippen LogP contribution is 2.31. The fourth-order valence-electron chi connectivity index (χ4n) is 3.32. The normalized spacial score (nSPS) is 17.7. The second-order valence-electron chi connectivity index (χ2n) is 6.84. The van der Waals surface area contributed by atoms with Crippen LogP contribution in [0.15, 0.2) is 5.16 Å². The lowest BCUT2D eigenvalue weighted by Crippen LogP contribution is -2.51. The lowest BCUT2D eigenvalue weighted by Gasteiger charge is -2.35. The van der Waals surface area contributed by atoms with E-state index in [1.807, 2.05) is 29.9 Å². The minimum atomic E-state index is 0.159. The number of aryl methyl sites for hydroxylation is 2. The number of hydrogen-bond acceptors (Lipinski definition) is 5. The molecule has 0 bridgehead atoms. The van der Waals surface area contributed by atoms with Gasteiger partial charge in [0.15, 0.2) is 5.16 Å². The molecular weight excluding hydrogens is 336 g/mol. The van der Waals surface area contributed by atoms with Crippen LogP contribution >= 0.6 is 11.8 Å². The lowest BCUT2D eigenvalue weighted by molar-refractivity contribution is -0.140. The summed E-state index contributed by atoms with van der Waals surface area (Å²) in [6.07, 6.45) is 5.18. The van der Waals surface area contributed by atoms with Gasteiger partial charge >= 0.3 is 0 Å². The van der Waals surface area contributed by atoms with Crippen molar-refractivity contribution in [3.05, 3.63) is 17.0 Å². The Balaban J connectivity index is 1.51. The van der Waals surface area contributed by atoms with Crippen LogP contribution in [-0.4, -0.2) is 64.0 Å². The van der Waals surface area contributed by atoms with Gasteiger partial charge in [0.25, 0.3) is 0 Å². The number of carbonyl (C=O) groups excluding carboxylic acids is 2. The van der Waals surface area contributed by atoms with Crippen LogP contribution in [0, 0.1) is 19.8 Å². The molecule has 0 unspecified atom stereocenters. The van der Waals surface area contributed by atoms with Crippen LogP contribution < -0.4 is 0 Å². The smallest absolute Gasteiger partial charge is 0.225 e. The molecule has 1 saturated heterocycles. The van der Waals surface area contributed by atoms with Gasteiger partial charge in [-0.2, -0.15) is 0 Å². The van der Waals surface area contributed by atoms with E-state index in [1.165, 1.54) is 11.8 Å². The van der Waals surface area contributed by atoms with E-state index in [-0.39, 0.29) is 17.7 Å². The molecule has 2 fully saturated rings. The van der Waals surface area contributed by atoms with Gasteiger partial charge in [-0.05, 0) is 44.9 Å². The van der Waals surface area contributed by atoms with Gasteiger partial charge in [-0.1, -0.05) is 11.8 Å². The molecule has 7 heteroatoms. The molecule has 0 aromatic carbocycles. The third-order valence-corrected chi connectivity index (χ3v) is 5.59. The average molecular weight is 362 g/mol. The Bertz CT molecular complexity index is 644. The zero-order valence-corrected chi connectivity index (χ0v) is 16.1. The molecule has 3 rings (SSSR count). The number of hydrogen-bond donors (Lipinski definition) is 0. The van der Waals surface area contributed by atoms with Crippen molar-refractivity contribution >= 4 is 23.6 Å². The first kappa shape index (κ1) is 18.2.